The van der Waals surface area contributed by atoms with Gasteiger partial charge in [-0.2, -0.15) is 0 Å². The SMILES string of the molecule is CC[NH+](CC)CCCNc1nc(SC)nc2sc3c(c12)C[C@@](C)(CC)OC3. The standard InChI is InChI=1S/C20H32N4OS2/c1-6-20(4)12-14-15(13-25-20)27-18-16(14)17(22-19(23-18)26-5)21-10-9-11-24(7-2)8-3/h6-13H2,1-5H3,(H,21,22,23)/p+1/t20-/m1/s1. The molecule has 3 heterocycles. The van der Waals surface area contributed by atoms with Crippen molar-refractivity contribution in [2.75, 3.05) is 37.8 Å². The van der Waals surface area contributed by atoms with Gasteiger partial charge in [0, 0.05) is 24.3 Å². The maximum Gasteiger partial charge on any atom is 0.190 e. The van der Waals surface area contributed by atoms with E-state index in [1.165, 1.54) is 35.5 Å². The van der Waals surface area contributed by atoms with E-state index in [1.807, 2.05) is 6.26 Å². The third kappa shape index (κ3) is 4.58. The van der Waals surface area contributed by atoms with Crippen LogP contribution in [0.1, 0.15) is 51.0 Å². The van der Waals surface area contributed by atoms with Crippen LogP contribution in [0.2, 0.25) is 0 Å². The third-order valence-corrected chi connectivity index (χ3v) is 7.39. The predicted octanol–water partition coefficient (Wildman–Crippen LogP) is 3.38. The second kappa shape index (κ2) is 9.07. The monoisotopic (exact) mass is 409 g/mol. The van der Waals surface area contributed by atoms with E-state index in [-0.39, 0.29) is 5.60 Å². The van der Waals surface area contributed by atoms with Gasteiger partial charge >= 0.3 is 0 Å². The van der Waals surface area contributed by atoms with Crippen LogP contribution in [0.15, 0.2) is 5.16 Å². The van der Waals surface area contributed by atoms with E-state index in [0.717, 1.165) is 41.6 Å². The van der Waals surface area contributed by atoms with Crippen LogP contribution >= 0.6 is 23.1 Å². The highest BCUT2D eigenvalue weighted by Gasteiger charge is 2.33. The van der Waals surface area contributed by atoms with Gasteiger partial charge in [0.1, 0.15) is 10.6 Å². The molecule has 0 unspecified atom stereocenters. The smallest absolute Gasteiger partial charge is 0.190 e. The normalized spacial score (nSPS) is 19.6. The summed E-state index contributed by atoms with van der Waals surface area (Å²) < 4.78 is 6.15. The van der Waals surface area contributed by atoms with Crippen LogP contribution in [0.5, 0.6) is 0 Å². The molecule has 0 spiro atoms. The summed E-state index contributed by atoms with van der Waals surface area (Å²) in [5.41, 5.74) is 1.32. The number of anilines is 1. The Morgan fingerprint density at radius 3 is 2.70 bits per heavy atom. The fourth-order valence-electron chi connectivity index (χ4n) is 3.65. The van der Waals surface area contributed by atoms with Crippen molar-refractivity contribution in [2.45, 2.75) is 64.3 Å². The molecule has 0 fully saturated rings. The van der Waals surface area contributed by atoms with Crippen molar-refractivity contribution in [2.24, 2.45) is 0 Å². The van der Waals surface area contributed by atoms with Gasteiger partial charge in [-0.3, -0.25) is 0 Å². The Hall–Kier alpha value is -0.890. The first-order chi connectivity index (χ1) is 13.0. The van der Waals surface area contributed by atoms with Crippen LogP contribution in [-0.2, 0) is 17.8 Å². The zero-order chi connectivity index (χ0) is 19.4. The number of rotatable bonds is 9. The highest BCUT2D eigenvalue weighted by atomic mass is 32.2. The van der Waals surface area contributed by atoms with Gasteiger partial charge < -0.3 is 15.0 Å². The quantitative estimate of drug-likeness (QED) is 0.378. The number of thiophene rings is 1. The van der Waals surface area contributed by atoms with Gasteiger partial charge in [0.05, 0.1) is 37.2 Å². The van der Waals surface area contributed by atoms with E-state index in [4.69, 9.17) is 14.7 Å². The number of thioether (sulfide) groups is 1. The first-order valence-corrected chi connectivity index (χ1v) is 12.1. The maximum absolute atomic E-state index is 6.15. The average molecular weight is 410 g/mol. The Morgan fingerprint density at radius 1 is 1.26 bits per heavy atom. The lowest BCUT2D eigenvalue weighted by molar-refractivity contribution is -0.896. The van der Waals surface area contributed by atoms with E-state index in [2.05, 4.69) is 33.0 Å². The van der Waals surface area contributed by atoms with Gasteiger partial charge in [0.2, 0.25) is 0 Å². The van der Waals surface area contributed by atoms with Gasteiger partial charge in [-0.25, -0.2) is 9.97 Å². The highest BCUT2D eigenvalue weighted by Crippen LogP contribution is 2.42. The molecular formula is C20H33N4OS2+. The van der Waals surface area contributed by atoms with Crippen LogP contribution in [0, 0.1) is 0 Å². The van der Waals surface area contributed by atoms with Crippen LogP contribution in [-0.4, -0.2) is 48.0 Å². The molecule has 3 rings (SSSR count). The zero-order valence-electron chi connectivity index (χ0n) is 17.3. The lowest BCUT2D eigenvalue weighted by atomic mass is 9.90. The molecular weight excluding hydrogens is 376 g/mol. The summed E-state index contributed by atoms with van der Waals surface area (Å²) in [6, 6.07) is 0. The minimum Gasteiger partial charge on any atom is -0.369 e. The first kappa shape index (κ1) is 20.8. The molecule has 150 valence electrons. The molecule has 1 aliphatic heterocycles. The first-order valence-electron chi connectivity index (χ1n) is 10.1. The van der Waals surface area contributed by atoms with Crippen LogP contribution < -0.4 is 10.2 Å². The second-order valence-electron chi connectivity index (χ2n) is 7.50. The lowest BCUT2D eigenvalue weighted by Gasteiger charge is -2.33. The van der Waals surface area contributed by atoms with Crippen LogP contribution in [0.4, 0.5) is 5.82 Å². The van der Waals surface area contributed by atoms with Crippen molar-refractivity contribution in [3.05, 3.63) is 10.4 Å². The lowest BCUT2D eigenvalue weighted by Crippen LogP contribution is -3.11. The number of nitrogens with zero attached hydrogens (tertiary/aromatic N) is 2. The maximum atomic E-state index is 6.15. The molecule has 7 heteroatoms. The minimum absolute atomic E-state index is 0.0808. The van der Waals surface area contributed by atoms with Gasteiger partial charge in [-0.1, -0.05) is 18.7 Å². The Balaban J connectivity index is 1.86. The molecule has 0 bridgehead atoms. The van der Waals surface area contributed by atoms with E-state index in [0.29, 0.717) is 6.61 Å². The molecule has 1 atom stereocenters. The van der Waals surface area contributed by atoms with Gasteiger partial charge in [-0.05, 0) is 39.0 Å². The number of ether oxygens (including phenoxy) is 1. The number of aromatic nitrogens is 2. The molecule has 0 aromatic carbocycles. The second-order valence-corrected chi connectivity index (χ2v) is 9.36. The third-order valence-electron chi connectivity index (χ3n) is 5.75. The molecule has 1 aliphatic rings. The van der Waals surface area contributed by atoms with E-state index in [9.17, 15) is 0 Å². The molecule has 5 nitrogen and oxygen atoms in total. The molecule has 0 amide bonds. The Kier molecular flexibility index (Phi) is 7.00. The van der Waals surface area contributed by atoms with Crippen molar-refractivity contribution in [1.82, 2.24) is 9.97 Å². The molecule has 2 N–H and O–H groups in total. The fraction of sp³-hybridized carbons (Fsp3) is 0.700. The van der Waals surface area contributed by atoms with E-state index >= 15 is 0 Å². The summed E-state index contributed by atoms with van der Waals surface area (Å²) >= 11 is 3.38. The van der Waals surface area contributed by atoms with Crippen molar-refractivity contribution in [1.29, 1.82) is 0 Å². The van der Waals surface area contributed by atoms with Crippen molar-refractivity contribution in [3.8, 4) is 0 Å². The Labute approximate surface area is 171 Å². The van der Waals surface area contributed by atoms with Crippen LogP contribution in [0.3, 0.4) is 0 Å². The zero-order valence-corrected chi connectivity index (χ0v) is 18.9. The number of nitrogens with one attached hydrogen (secondary N) is 2. The Morgan fingerprint density at radius 2 is 2.04 bits per heavy atom. The van der Waals surface area contributed by atoms with Crippen molar-refractivity contribution >= 4 is 39.1 Å². The van der Waals surface area contributed by atoms with Crippen molar-refractivity contribution < 1.29 is 9.64 Å². The summed E-state index contributed by atoms with van der Waals surface area (Å²) in [6.45, 7) is 14.2. The van der Waals surface area contributed by atoms with Gasteiger partial charge in [0.25, 0.3) is 0 Å². The molecule has 27 heavy (non-hydrogen) atoms. The molecule has 2 aromatic rings. The predicted molar refractivity (Wildman–Crippen MR) is 116 cm³/mol. The summed E-state index contributed by atoms with van der Waals surface area (Å²) in [6.07, 6.45) is 5.15. The number of hydrogen-bond donors (Lipinski definition) is 2. The highest BCUT2D eigenvalue weighted by molar-refractivity contribution is 7.98. The van der Waals surface area contributed by atoms with Gasteiger partial charge in [0.15, 0.2) is 5.16 Å². The number of hydrogen-bond acceptors (Lipinski definition) is 6. The average Bonchev–Trinajstić information content (AvgIpc) is 3.05. The molecule has 0 saturated heterocycles. The van der Waals surface area contributed by atoms with Gasteiger partial charge in [-0.15, -0.1) is 11.3 Å². The molecule has 0 radical (unpaired) electrons. The summed E-state index contributed by atoms with van der Waals surface area (Å²) in [5, 5.41) is 5.71. The summed E-state index contributed by atoms with van der Waals surface area (Å²) in [7, 11) is 0. The van der Waals surface area contributed by atoms with E-state index in [1.54, 1.807) is 28.0 Å². The largest absolute Gasteiger partial charge is 0.369 e. The fourth-order valence-corrected chi connectivity index (χ4v) is 5.17. The van der Waals surface area contributed by atoms with Crippen LogP contribution in [0.25, 0.3) is 10.2 Å². The molecule has 0 aliphatic carbocycles. The topological polar surface area (TPSA) is 51.5 Å². The minimum atomic E-state index is -0.0808. The number of quaternary nitrogens is 1. The van der Waals surface area contributed by atoms with E-state index < -0.39 is 0 Å². The molecule has 0 saturated carbocycles. The summed E-state index contributed by atoms with van der Waals surface area (Å²) in [5.74, 6) is 1.01. The summed E-state index contributed by atoms with van der Waals surface area (Å²) in [4.78, 5) is 13.7. The Bertz CT molecular complexity index is 775. The molecule has 2 aromatic heterocycles. The van der Waals surface area contributed by atoms with Crippen molar-refractivity contribution in [3.63, 3.8) is 0 Å². The number of fused-ring (bicyclic) bond motifs is 3.